The van der Waals surface area contributed by atoms with E-state index in [9.17, 15) is 0 Å². The molecule has 1 heterocycles. The van der Waals surface area contributed by atoms with Crippen molar-refractivity contribution in [2.45, 2.75) is 40.8 Å². The molecule has 2 nitrogen and oxygen atoms in total. The summed E-state index contributed by atoms with van der Waals surface area (Å²) in [6.45, 7) is 12.9. The van der Waals surface area contributed by atoms with Gasteiger partial charge < -0.3 is 4.74 Å². The van der Waals surface area contributed by atoms with Crippen LogP contribution in [0.3, 0.4) is 0 Å². The van der Waals surface area contributed by atoms with Crippen LogP contribution in [0, 0.1) is 10.8 Å². The zero-order chi connectivity index (χ0) is 9.41. The zero-order valence-electron chi connectivity index (χ0n) is 9.31. The van der Waals surface area contributed by atoms with Crippen LogP contribution in [0.25, 0.3) is 0 Å². The maximum atomic E-state index is 5.75. The Morgan fingerprint density at radius 1 is 1.31 bits per heavy atom. The van der Waals surface area contributed by atoms with Crippen LogP contribution in [0.5, 0.6) is 0 Å². The molecule has 80 valence electrons. The van der Waals surface area contributed by atoms with Crippen molar-refractivity contribution in [3.63, 3.8) is 0 Å². The Bertz CT molecular complexity index is 153. The highest BCUT2D eigenvalue weighted by atomic mass is 35.5. The normalized spacial score (nSPS) is 27.9. The van der Waals surface area contributed by atoms with Crippen molar-refractivity contribution in [2.24, 2.45) is 10.8 Å². The van der Waals surface area contributed by atoms with E-state index in [0.29, 0.717) is 5.41 Å². The SMILES string of the molecule is CC1(C)CNC(C(C)(C)C)OC1.Cl. The second-order valence-electron chi connectivity index (χ2n) is 5.60. The van der Waals surface area contributed by atoms with Crippen LogP contribution < -0.4 is 5.32 Å². The summed E-state index contributed by atoms with van der Waals surface area (Å²) in [6, 6.07) is 0. The molecule has 1 aliphatic rings. The van der Waals surface area contributed by atoms with Gasteiger partial charge in [0.1, 0.15) is 6.23 Å². The molecule has 1 aliphatic heterocycles. The third-order valence-corrected chi connectivity index (χ3v) is 2.19. The van der Waals surface area contributed by atoms with Crippen LogP contribution >= 0.6 is 12.4 Å². The Hall–Kier alpha value is 0.210. The van der Waals surface area contributed by atoms with Gasteiger partial charge in [-0.15, -0.1) is 12.4 Å². The Morgan fingerprint density at radius 2 is 1.85 bits per heavy atom. The first-order valence-electron chi connectivity index (χ1n) is 4.66. The molecule has 13 heavy (non-hydrogen) atoms. The third-order valence-electron chi connectivity index (χ3n) is 2.19. The van der Waals surface area contributed by atoms with E-state index in [2.05, 4.69) is 39.9 Å². The minimum atomic E-state index is 0. The van der Waals surface area contributed by atoms with Crippen LogP contribution in [0.15, 0.2) is 0 Å². The second kappa shape index (κ2) is 4.16. The Kier molecular flexibility index (Phi) is 4.23. The Labute approximate surface area is 87.8 Å². The van der Waals surface area contributed by atoms with Crippen LogP contribution in [-0.2, 0) is 4.74 Å². The summed E-state index contributed by atoms with van der Waals surface area (Å²) in [4.78, 5) is 0. The highest BCUT2D eigenvalue weighted by Crippen LogP contribution is 2.27. The molecule has 0 bridgehead atoms. The molecule has 1 atom stereocenters. The molecular formula is C10H22ClNO. The summed E-state index contributed by atoms with van der Waals surface area (Å²) in [5.74, 6) is 0. The molecule has 0 aliphatic carbocycles. The van der Waals surface area contributed by atoms with Gasteiger partial charge in [0, 0.05) is 17.4 Å². The first-order valence-corrected chi connectivity index (χ1v) is 4.66. The van der Waals surface area contributed by atoms with E-state index in [4.69, 9.17) is 4.74 Å². The van der Waals surface area contributed by atoms with E-state index >= 15 is 0 Å². The van der Waals surface area contributed by atoms with Crippen LogP contribution in [0.2, 0.25) is 0 Å². The largest absolute Gasteiger partial charge is 0.362 e. The van der Waals surface area contributed by atoms with Crippen molar-refractivity contribution in [3.05, 3.63) is 0 Å². The Balaban J connectivity index is 0.00000144. The van der Waals surface area contributed by atoms with Crippen molar-refractivity contribution in [1.29, 1.82) is 0 Å². The van der Waals surface area contributed by atoms with Crippen LogP contribution in [0.4, 0.5) is 0 Å². The lowest BCUT2D eigenvalue weighted by Gasteiger charge is -2.41. The standard InChI is InChI=1S/C10H21NO.ClH/c1-9(2,3)8-11-6-10(4,5)7-12-8;/h8,11H,6-7H2,1-5H3;1H. The molecule has 0 radical (unpaired) electrons. The van der Waals surface area contributed by atoms with Gasteiger partial charge in [0.2, 0.25) is 0 Å². The van der Waals surface area contributed by atoms with E-state index in [-0.39, 0.29) is 24.0 Å². The lowest BCUT2D eigenvalue weighted by molar-refractivity contribution is -0.105. The van der Waals surface area contributed by atoms with E-state index in [1.807, 2.05) is 0 Å². The van der Waals surface area contributed by atoms with Gasteiger partial charge in [-0.1, -0.05) is 34.6 Å². The summed E-state index contributed by atoms with van der Waals surface area (Å²) in [6.07, 6.45) is 0.213. The topological polar surface area (TPSA) is 21.3 Å². The number of hydrogen-bond donors (Lipinski definition) is 1. The molecule has 3 heteroatoms. The van der Waals surface area contributed by atoms with Crippen molar-refractivity contribution >= 4 is 12.4 Å². The molecule has 0 aromatic rings. The van der Waals surface area contributed by atoms with Crippen molar-refractivity contribution in [2.75, 3.05) is 13.2 Å². The predicted molar refractivity (Wildman–Crippen MR) is 58.2 cm³/mol. The molecule has 0 saturated carbocycles. The lowest BCUT2D eigenvalue weighted by atomic mass is 9.88. The summed E-state index contributed by atoms with van der Waals surface area (Å²) >= 11 is 0. The minimum Gasteiger partial charge on any atom is -0.362 e. The highest BCUT2D eigenvalue weighted by Gasteiger charge is 2.33. The van der Waals surface area contributed by atoms with E-state index < -0.39 is 0 Å². The summed E-state index contributed by atoms with van der Waals surface area (Å²) in [5, 5.41) is 3.43. The van der Waals surface area contributed by atoms with Crippen molar-refractivity contribution in [3.8, 4) is 0 Å². The molecule has 0 aromatic heterocycles. The first kappa shape index (κ1) is 13.2. The highest BCUT2D eigenvalue weighted by molar-refractivity contribution is 5.85. The average Bonchev–Trinajstić information content (AvgIpc) is 1.83. The number of ether oxygens (including phenoxy) is 1. The van der Waals surface area contributed by atoms with Gasteiger partial charge in [-0.05, 0) is 0 Å². The molecule has 1 unspecified atom stereocenters. The first-order chi connectivity index (χ1) is 5.31. The van der Waals surface area contributed by atoms with Gasteiger partial charge in [-0.3, -0.25) is 5.32 Å². The number of halogens is 1. The maximum absolute atomic E-state index is 5.75. The fraction of sp³-hybridized carbons (Fsp3) is 1.00. The van der Waals surface area contributed by atoms with Crippen LogP contribution in [0.1, 0.15) is 34.6 Å². The molecule has 1 N–H and O–H groups in total. The van der Waals surface area contributed by atoms with Gasteiger partial charge in [0.15, 0.2) is 0 Å². The monoisotopic (exact) mass is 207 g/mol. The van der Waals surface area contributed by atoms with Gasteiger partial charge in [0.05, 0.1) is 6.61 Å². The van der Waals surface area contributed by atoms with Gasteiger partial charge >= 0.3 is 0 Å². The quantitative estimate of drug-likeness (QED) is 0.659. The molecule has 1 fully saturated rings. The summed E-state index contributed by atoms with van der Waals surface area (Å²) in [7, 11) is 0. The predicted octanol–water partition coefficient (Wildman–Crippen LogP) is 2.43. The second-order valence-corrected chi connectivity index (χ2v) is 5.60. The maximum Gasteiger partial charge on any atom is 0.113 e. The zero-order valence-corrected chi connectivity index (χ0v) is 10.1. The molecule has 1 rings (SSSR count). The van der Waals surface area contributed by atoms with E-state index in [1.54, 1.807) is 0 Å². The molecule has 0 amide bonds. The minimum absolute atomic E-state index is 0. The van der Waals surface area contributed by atoms with Gasteiger partial charge in [-0.25, -0.2) is 0 Å². The molecule has 1 saturated heterocycles. The smallest absolute Gasteiger partial charge is 0.113 e. The Morgan fingerprint density at radius 3 is 2.15 bits per heavy atom. The van der Waals surface area contributed by atoms with Crippen molar-refractivity contribution < 1.29 is 4.74 Å². The fourth-order valence-electron chi connectivity index (χ4n) is 1.34. The van der Waals surface area contributed by atoms with E-state index in [0.717, 1.165) is 13.2 Å². The number of rotatable bonds is 0. The summed E-state index contributed by atoms with van der Waals surface area (Å²) in [5.41, 5.74) is 0.498. The third kappa shape index (κ3) is 3.84. The van der Waals surface area contributed by atoms with E-state index in [1.165, 1.54) is 0 Å². The number of nitrogens with one attached hydrogen (secondary N) is 1. The average molecular weight is 208 g/mol. The van der Waals surface area contributed by atoms with Gasteiger partial charge in [-0.2, -0.15) is 0 Å². The number of hydrogen-bond acceptors (Lipinski definition) is 2. The molecule has 0 aromatic carbocycles. The van der Waals surface area contributed by atoms with Crippen molar-refractivity contribution in [1.82, 2.24) is 5.32 Å². The lowest BCUT2D eigenvalue weighted by Crippen LogP contribution is -2.53. The fourth-order valence-corrected chi connectivity index (χ4v) is 1.34. The summed E-state index contributed by atoms with van der Waals surface area (Å²) < 4.78 is 5.75. The molecular weight excluding hydrogens is 186 g/mol. The molecule has 0 spiro atoms. The van der Waals surface area contributed by atoms with Crippen LogP contribution in [-0.4, -0.2) is 19.4 Å². The van der Waals surface area contributed by atoms with Gasteiger partial charge in [0.25, 0.3) is 0 Å².